The second kappa shape index (κ2) is 7.38. The van der Waals surface area contributed by atoms with E-state index in [4.69, 9.17) is 0 Å². The quantitative estimate of drug-likeness (QED) is 0.625. The number of non-ortho nitro benzene ring substituents is 1. The summed E-state index contributed by atoms with van der Waals surface area (Å²) in [4.78, 5) is 24.1. The van der Waals surface area contributed by atoms with Crippen LogP contribution in [0.15, 0.2) is 23.1 Å². The summed E-state index contributed by atoms with van der Waals surface area (Å²) in [6.07, 6.45) is 2.65. The number of carbonyl (C=O) groups is 1. The summed E-state index contributed by atoms with van der Waals surface area (Å²) in [6, 6.07) is 3.80. The maximum absolute atomic E-state index is 12.1. The molecule has 1 aromatic carbocycles. The molecule has 1 aliphatic rings. The Balaban J connectivity index is 2.31. The van der Waals surface area contributed by atoms with Crippen LogP contribution < -0.4 is 10.2 Å². The maximum atomic E-state index is 12.1. The van der Waals surface area contributed by atoms with Gasteiger partial charge in [-0.1, -0.05) is 13.8 Å². The van der Waals surface area contributed by atoms with Crippen LogP contribution in [0.4, 0.5) is 11.4 Å². The van der Waals surface area contributed by atoms with Crippen LogP contribution in [0.25, 0.3) is 0 Å². The first-order chi connectivity index (χ1) is 11.6. The topological polar surface area (TPSA) is 110 Å². The van der Waals surface area contributed by atoms with Gasteiger partial charge in [-0.15, -0.1) is 0 Å². The first kappa shape index (κ1) is 19.2. The lowest BCUT2D eigenvalue weighted by molar-refractivity contribution is -0.385. The number of nitrogens with zero attached hydrogens (tertiary/aromatic N) is 2. The molecule has 0 spiro atoms. The molecule has 1 amide bonds. The van der Waals surface area contributed by atoms with Gasteiger partial charge in [-0.3, -0.25) is 14.9 Å². The highest BCUT2D eigenvalue weighted by atomic mass is 32.2. The van der Waals surface area contributed by atoms with Crippen molar-refractivity contribution >= 4 is 27.1 Å². The smallest absolute Gasteiger partial charge is 0.270 e. The monoisotopic (exact) mass is 369 g/mol. The summed E-state index contributed by atoms with van der Waals surface area (Å²) in [5.74, 6) is -0.166. The minimum absolute atomic E-state index is 0.0427. The highest BCUT2D eigenvalue weighted by Gasteiger charge is 2.27. The molecule has 1 aromatic rings. The maximum Gasteiger partial charge on any atom is 0.270 e. The Bertz CT molecular complexity index is 776. The molecule has 1 N–H and O–H groups in total. The fraction of sp³-hybridized carbons (Fsp3) is 0.562. The molecule has 1 aliphatic heterocycles. The summed E-state index contributed by atoms with van der Waals surface area (Å²) < 4.78 is 24.2. The molecule has 0 aliphatic carbocycles. The van der Waals surface area contributed by atoms with Gasteiger partial charge in [0.05, 0.1) is 15.5 Å². The Morgan fingerprint density at radius 2 is 2.08 bits per heavy atom. The molecule has 0 radical (unpaired) electrons. The summed E-state index contributed by atoms with van der Waals surface area (Å²) in [6.45, 7) is 4.73. The first-order valence-electron chi connectivity index (χ1n) is 8.13. The van der Waals surface area contributed by atoms with Gasteiger partial charge in [0.25, 0.3) is 5.69 Å². The summed E-state index contributed by atoms with van der Waals surface area (Å²) in [5, 5.41) is 13.9. The van der Waals surface area contributed by atoms with Gasteiger partial charge in [-0.2, -0.15) is 0 Å². The third kappa shape index (κ3) is 4.68. The van der Waals surface area contributed by atoms with Crippen molar-refractivity contribution < 1.29 is 18.1 Å². The van der Waals surface area contributed by atoms with E-state index < -0.39 is 14.8 Å². The fourth-order valence-electron chi connectivity index (χ4n) is 2.86. The van der Waals surface area contributed by atoms with Gasteiger partial charge in [0.1, 0.15) is 0 Å². The van der Waals surface area contributed by atoms with Crippen LogP contribution in [-0.2, 0) is 14.6 Å². The predicted octanol–water partition coefficient (Wildman–Crippen LogP) is 1.74. The van der Waals surface area contributed by atoms with Crippen LogP contribution in [0.5, 0.6) is 0 Å². The van der Waals surface area contributed by atoms with Gasteiger partial charge in [0, 0.05) is 43.4 Å². The Hall–Kier alpha value is -2.16. The molecule has 1 atom stereocenters. The van der Waals surface area contributed by atoms with Gasteiger partial charge >= 0.3 is 0 Å². The molecular formula is C16H23N3O5S. The molecule has 8 nitrogen and oxygen atoms in total. The zero-order chi connectivity index (χ0) is 18.8. The number of anilines is 1. The molecule has 1 fully saturated rings. The van der Waals surface area contributed by atoms with E-state index in [2.05, 4.69) is 5.32 Å². The van der Waals surface area contributed by atoms with E-state index >= 15 is 0 Å². The normalized spacial score (nSPS) is 18.2. The minimum Gasteiger partial charge on any atom is -0.368 e. The lowest BCUT2D eigenvalue weighted by atomic mass is 10.0. The van der Waals surface area contributed by atoms with Crippen molar-refractivity contribution in [3.8, 4) is 0 Å². The molecule has 0 bridgehead atoms. The molecule has 0 saturated carbocycles. The number of nitrogens with one attached hydrogen (secondary N) is 1. The van der Waals surface area contributed by atoms with Gasteiger partial charge in [-0.25, -0.2) is 8.42 Å². The van der Waals surface area contributed by atoms with Gasteiger partial charge in [0.15, 0.2) is 9.84 Å². The average molecular weight is 369 g/mol. The van der Waals surface area contributed by atoms with E-state index in [0.717, 1.165) is 25.2 Å². The van der Waals surface area contributed by atoms with E-state index in [-0.39, 0.29) is 28.4 Å². The van der Waals surface area contributed by atoms with Crippen LogP contribution in [-0.4, -0.2) is 44.6 Å². The predicted molar refractivity (Wildman–Crippen MR) is 94.4 cm³/mol. The molecule has 1 saturated heterocycles. The molecule has 25 heavy (non-hydrogen) atoms. The number of sulfone groups is 1. The number of carbonyl (C=O) groups excluding carboxylic acids is 1. The van der Waals surface area contributed by atoms with Gasteiger partial charge in [0.2, 0.25) is 5.91 Å². The summed E-state index contributed by atoms with van der Waals surface area (Å²) in [7, 11) is -3.63. The third-order valence-corrected chi connectivity index (χ3v) is 5.31. The first-order valence-corrected chi connectivity index (χ1v) is 10.0. The number of nitro benzene ring substituents is 1. The van der Waals surface area contributed by atoms with Crippen molar-refractivity contribution in [3.05, 3.63) is 28.3 Å². The lowest BCUT2D eigenvalue weighted by Gasteiger charge is -2.35. The van der Waals surface area contributed by atoms with Crippen molar-refractivity contribution in [1.82, 2.24) is 5.32 Å². The fourth-order valence-corrected chi connectivity index (χ4v) is 3.77. The van der Waals surface area contributed by atoms with Crippen molar-refractivity contribution in [2.45, 2.75) is 37.6 Å². The number of nitro groups is 1. The van der Waals surface area contributed by atoms with E-state index in [0.29, 0.717) is 18.8 Å². The van der Waals surface area contributed by atoms with Crippen molar-refractivity contribution in [2.24, 2.45) is 5.92 Å². The zero-order valence-electron chi connectivity index (χ0n) is 14.6. The van der Waals surface area contributed by atoms with Crippen LogP contribution in [0.2, 0.25) is 0 Å². The van der Waals surface area contributed by atoms with E-state index in [1.165, 1.54) is 12.1 Å². The molecule has 1 unspecified atom stereocenters. The van der Waals surface area contributed by atoms with Crippen LogP contribution in [0.3, 0.4) is 0 Å². The number of hydrogen-bond acceptors (Lipinski definition) is 6. The van der Waals surface area contributed by atoms with Crippen LogP contribution >= 0.6 is 0 Å². The molecule has 2 rings (SSSR count). The third-order valence-electron chi connectivity index (χ3n) is 4.19. The molecule has 138 valence electrons. The van der Waals surface area contributed by atoms with E-state index in [1.807, 2.05) is 18.7 Å². The minimum atomic E-state index is -3.63. The Morgan fingerprint density at radius 1 is 1.40 bits per heavy atom. The molecule has 0 aromatic heterocycles. The Kier molecular flexibility index (Phi) is 5.66. The number of amides is 1. The van der Waals surface area contributed by atoms with Crippen molar-refractivity contribution in [1.29, 1.82) is 0 Å². The highest BCUT2D eigenvalue weighted by molar-refractivity contribution is 7.90. The Labute approximate surface area is 147 Å². The SMILES string of the molecule is CC(C)C(=O)NC1CCCN(c2ccc([N+](=O)[O-])cc2S(C)(=O)=O)C1. The summed E-state index contributed by atoms with van der Waals surface area (Å²) in [5.41, 5.74) is 0.183. The number of rotatable bonds is 5. The number of piperidine rings is 1. The second-order valence-electron chi connectivity index (χ2n) is 6.63. The highest BCUT2D eigenvalue weighted by Crippen LogP contribution is 2.31. The van der Waals surface area contributed by atoms with E-state index in [1.54, 1.807) is 0 Å². The van der Waals surface area contributed by atoms with Crippen LogP contribution in [0.1, 0.15) is 26.7 Å². The number of hydrogen-bond donors (Lipinski definition) is 1. The second-order valence-corrected chi connectivity index (χ2v) is 8.61. The average Bonchev–Trinajstić information content (AvgIpc) is 2.53. The molecule has 1 heterocycles. The number of benzene rings is 1. The molecular weight excluding hydrogens is 346 g/mol. The van der Waals surface area contributed by atoms with Gasteiger partial charge < -0.3 is 10.2 Å². The van der Waals surface area contributed by atoms with Crippen LogP contribution in [0, 0.1) is 16.0 Å². The standard InChI is InChI=1S/C16H23N3O5S/c1-11(2)16(20)17-12-5-4-8-18(10-12)14-7-6-13(19(21)22)9-15(14)25(3,23)24/h6-7,9,11-12H,4-5,8,10H2,1-3H3,(H,17,20). The van der Waals surface area contributed by atoms with E-state index in [9.17, 15) is 23.3 Å². The van der Waals surface area contributed by atoms with Crippen molar-refractivity contribution in [3.63, 3.8) is 0 Å². The summed E-state index contributed by atoms with van der Waals surface area (Å²) >= 11 is 0. The Morgan fingerprint density at radius 3 is 2.64 bits per heavy atom. The zero-order valence-corrected chi connectivity index (χ0v) is 15.4. The largest absolute Gasteiger partial charge is 0.368 e. The lowest BCUT2D eigenvalue weighted by Crippen LogP contribution is -2.49. The molecule has 9 heteroatoms. The van der Waals surface area contributed by atoms with Crippen molar-refractivity contribution in [2.75, 3.05) is 24.2 Å². The van der Waals surface area contributed by atoms with Gasteiger partial charge in [-0.05, 0) is 18.9 Å².